The number of aryl methyl sites for hydroxylation is 2. The van der Waals surface area contributed by atoms with Gasteiger partial charge in [-0.1, -0.05) is 47.5 Å². The molecule has 0 aromatic heterocycles. The number of aromatic carboxylic acids is 1. The second kappa shape index (κ2) is 9.55. The van der Waals surface area contributed by atoms with E-state index in [4.69, 9.17) is 21.1 Å². The Labute approximate surface area is 181 Å². The Morgan fingerprint density at radius 2 is 1.87 bits per heavy atom. The number of rotatable bonds is 8. The number of methoxy groups -OCH3 is 1. The van der Waals surface area contributed by atoms with Gasteiger partial charge < -0.3 is 19.9 Å². The second-order valence-electron chi connectivity index (χ2n) is 7.06. The normalized spacial score (nSPS) is 10.5. The zero-order valence-corrected chi connectivity index (χ0v) is 17.9. The summed E-state index contributed by atoms with van der Waals surface area (Å²) < 4.78 is 11.4. The molecule has 0 aliphatic carbocycles. The number of carbonyl (C=O) groups is 1. The highest BCUT2D eigenvalue weighted by Crippen LogP contribution is 2.34. The number of ether oxygens (including phenoxy) is 2. The molecule has 0 fully saturated rings. The first-order chi connectivity index (χ1) is 14.4. The molecule has 0 atom stereocenters. The van der Waals surface area contributed by atoms with Crippen LogP contribution in [-0.2, 0) is 13.2 Å². The molecule has 156 valence electrons. The van der Waals surface area contributed by atoms with Crippen molar-refractivity contribution in [2.75, 3.05) is 12.4 Å². The molecule has 3 aromatic rings. The molecule has 30 heavy (non-hydrogen) atoms. The summed E-state index contributed by atoms with van der Waals surface area (Å²) in [6, 6.07) is 16.7. The van der Waals surface area contributed by atoms with Gasteiger partial charge in [0, 0.05) is 23.3 Å². The summed E-state index contributed by atoms with van der Waals surface area (Å²) in [7, 11) is 1.58. The molecule has 6 heteroatoms. The fraction of sp³-hybridized carbons (Fsp3) is 0.208. The van der Waals surface area contributed by atoms with Crippen LogP contribution in [0.15, 0.2) is 54.6 Å². The van der Waals surface area contributed by atoms with E-state index in [1.54, 1.807) is 31.4 Å². The third kappa shape index (κ3) is 5.24. The Bertz CT molecular complexity index is 1070. The van der Waals surface area contributed by atoms with Crippen molar-refractivity contribution in [2.45, 2.75) is 27.0 Å². The highest BCUT2D eigenvalue weighted by molar-refractivity contribution is 6.31. The third-order valence-corrected chi connectivity index (χ3v) is 5.12. The molecule has 3 aromatic carbocycles. The fourth-order valence-corrected chi connectivity index (χ4v) is 3.30. The molecule has 0 radical (unpaired) electrons. The van der Waals surface area contributed by atoms with Crippen molar-refractivity contribution in [3.8, 4) is 11.5 Å². The number of halogens is 1. The van der Waals surface area contributed by atoms with Gasteiger partial charge in [0.1, 0.15) is 6.61 Å². The van der Waals surface area contributed by atoms with E-state index in [1.807, 2.05) is 38.1 Å². The van der Waals surface area contributed by atoms with Crippen molar-refractivity contribution in [2.24, 2.45) is 0 Å². The molecule has 0 spiro atoms. The van der Waals surface area contributed by atoms with Gasteiger partial charge in [-0.15, -0.1) is 0 Å². The molecule has 0 aliphatic rings. The average molecular weight is 426 g/mol. The SMILES string of the molecule is COc1cc(CNc2cc(C(=O)O)ccc2C)c(Cl)cc1OCc1cccc(C)c1. The number of anilines is 1. The summed E-state index contributed by atoms with van der Waals surface area (Å²) in [5, 5.41) is 13.0. The Morgan fingerprint density at radius 3 is 2.57 bits per heavy atom. The van der Waals surface area contributed by atoms with Crippen LogP contribution in [0, 0.1) is 13.8 Å². The van der Waals surface area contributed by atoms with Gasteiger partial charge in [0.2, 0.25) is 0 Å². The van der Waals surface area contributed by atoms with Gasteiger partial charge in [-0.2, -0.15) is 0 Å². The van der Waals surface area contributed by atoms with Gasteiger partial charge in [0.05, 0.1) is 12.7 Å². The van der Waals surface area contributed by atoms with E-state index < -0.39 is 5.97 Å². The lowest BCUT2D eigenvalue weighted by atomic mass is 10.1. The van der Waals surface area contributed by atoms with E-state index in [-0.39, 0.29) is 5.56 Å². The monoisotopic (exact) mass is 425 g/mol. The lowest BCUT2D eigenvalue weighted by Crippen LogP contribution is -2.05. The molecule has 0 unspecified atom stereocenters. The van der Waals surface area contributed by atoms with Crippen LogP contribution in [0.2, 0.25) is 5.02 Å². The fourth-order valence-electron chi connectivity index (χ4n) is 3.08. The Morgan fingerprint density at radius 1 is 1.07 bits per heavy atom. The highest BCUT2D eigenvalue weighted by Gasteiger charge is 2.12. The van der Waals surface area contributed by atoms with Gasteiger partial charge in [-0.05, 0) is 48.7 Å². The minimum Gasteiger partial charge on any atom is -0.493 e. The lowest BCUT2D eigenvalue weighted by Gasteiger charge is -2.16. The van der Waals surface area contributed by atoms with E-state index in [0.717, 1.165) is 22.4 Å². The summed E-state index contributed by atoms with van der Waals surface area (Å²) >= 11 is 6.48. The van der Waals surface area contributed by atoms with Crippen LogP contribution in [0.5, 0.6) is 11.5 Å². The largest absolute Gasteiger partial charge is 0.493 e. The van der Waals surface area contributed by atoms with Gasteiger partial charge in [-0.25, -0.2) is 4.79 Å². The molecule has 0 saturated heterocycles. The molecular weight excluding hydrogens is 402 g/mol. The number of hydrogen-bond donors (Lipinski definition) is 2. The lowest BCUT2D eigenvalue weighted by molar-refractivity contribution is 0.0697. The smallest absolute Gasteiger partial charge is 0.335 e. The topological polar surface area (TPSA) is 67.8 Å². The Hall–Kier alpha value is -3.18. The minimum atomic E-state index is -0.965. The molecule has 3 rings (SSSR count). The summed E-state index contributed by atoms with van der Waals surface area (Å²) in [6.07, 6.45) is 0. The maximum atomic E-state index is 11.2. The number of nitrogens with one attached hydrogen (secondary N) is 1. The quantitative estimate of drug-likeness (QED) is 0.473. The molecule has 0 amide bonds. The number of hydrogen-bond acceptors (Lipinski definition) is 4. The van der Waals surface area contributed by atoms with Crippen molar-refractivity contribution in [1.82, 2.24) is 0 Å². The maximum Gasteiger partial charge on any atom is 0.335 e. The molecule has 0 saturated carbocycles. The first-order valence-corrected chi connectivity index (χ1v) is 9.87. The summed E-state index contributed by atoms with van der Waals surface area (Å²) in [5.41, 5.74) is 4.96. The van der Waals surface area contributed by atoms with Crippen LogP contribution in [0.3, 0.4) is 0 Å². The van der Waals surface area contributed by atoms with Crippen molar-refractivity contribution in [3.05, 3.63) is 87.4 Å². The van der Waals surface area contributed by atoms with Crippen molar-refractivity contribution >= 4 is 23.3 Å². The van der Waals surface area contributed by atoms with E-state index in [9.17, 15) is 9.90 Å². The zero-order valence-electron chi connectivity index (χ0n) is 17.2. The molecule has 0 bridgehead atoms. The first-order valence-electron chi connectivity index (χ1n) is 9.50. The molecular formula is C24H24ClNO4. The zero-order chi connectivity index (χ0) is 21.7. The maximum absolute atomic E-state index is 11.2. The summed E-state index contributed by atoms with van der Waals surface area (Å²) in [6.45, 7) is 4.78. The second-order valence-corrected chi connectivity index (χ2v) is 7.47. The van der Waals surface area contributed by atoms with Crippen LogP contribution in [0.4, 0.5) is 5.69 Å². The van der Waals surface area contributed by atoms with Crippen LogP contribution in [0.1, 0.15) is 32.6 Å². The predicted molar refractivity (Wildman–Crippen MR) is 119 cm³/mol. The number of carboxylic acids is 1. The van der Waals surface area contributed by atoms with E-state index in [0.29, 0.717) is 29.7 Å². The van der Waals surface area contributed by atoms with E-state index in [2.05, 4.69) is 11.4 Å². The van der Waals surface area contributed by atoms with Gasteiger partial charge in [-0.3, -0.25) is 0 Å². The molecule has 0 heterocycles. The van der Waals surface area contributed by atoms with E-state index in [1.165, 1.54) is 5.56 Å². The van der Waals surface area contributed by atoms with Crippen molar-refractivity contribution in [3.63, 3.8) is 0 Å². The van der Waals surface area contributed by atoms with Crippen LogP contribution in [-0.4, -0.2) is 18.2 Å². The van der Waals surface area contributed by atoms with E-state index >= 15 is 0 Å². The summed E-state index contributed by atoms with van der Waals surface area (Å²) in [4.78, 5) is 11.2. The van der Waals surface area contributed by atoms with Gasteiger partial charge in [0.15, 0.2) is 11.5 Å². The van der Waals surface area contributed by atoms with Gasteiger partial charge in [0.25, 0.3) is 0 Å². The Balaban J connectivity index is 1.75. The predicted octanol–water partition coefficient (Wildman–Crippen LogP) is 5.85. The molecule has 0 aliphatic heterocycles. The molecule has 5 nitrogen and oxygen atoms in total. The highest BCUT2D eigenvalue weighted by atomic mass is 35.5. The average Bonchev–Trinajstić information content (AvgIpc) is 2.72. The summed E-state index contributed by atoms with van der Waals surface area (Å²) in [5.74, 6) is 0.185. The third-order valence-electron chi connectivity index (χ3n) is 4.76. The van der Waals surface area contributed by atoms with Crippen LogP contribution < -0.4 is 14.8 Å². The van der Waals surface area contributed by atoms with Crippen LogP contribution in [0.25, 0.3) is 0 Å². The minimum absolute atomic E-state index is 0.228. The number of carboxylic acid groups (broad SMARTS) is 1. The first kappa shape index (κ1) is 21.5. The van der Waals surface area contributed by atoms with Crippen molar-refractivity contribution in [1.29, 1.82) is 0 Å². The number of benzene rings is 3. The molecule has 2 N–H and O–H groups in total. The Kier molecular flexibility index (Phi) is 6.85. The van der Waals surface area contributed by atoms with Crippen LogP contribution >= 0.6 is 11.6 Å². The standard InChI is InChI=1S/C24H24ClNO4/c1-15-5-4-6-17(9-15)14-30-23-12-20(25)19(11-22(23)29-3)13-26-21-10-18(24(27)28)8-7-16(21)2/h4-12,26H,13-14H2,1-3H3,(H,27,28). The van der Waals surface area contributed by atoms with Gasteiger partial charge >= 0.3 is 5.97 Å². The van der Waals surface area contributed by atoms with Crippen molar-refractivity contribution < 1.29 is 19.4 Å².